The van der Waals surface area contributed by atoms with Gasteiger partial charge in [0.15, 0.2) is 0 Å². The summed E-state index contributed by atoms with van der Waals surface area (Å²) in [5, 5.41) is 0. The molecule has 0 radical (unpaired) electrons. The average Bonchev–Trinajstić information content (AvgIpc) is 1.30. The Morgan fingerprint density at radius 3 is 1.71 bits per heavy atom. The van der Waals surface area contributed by atoms with E-state index in [-0.39, 0.29) is 0 Å². The van der Waals surface area contributed by atoms with E-state index in [4.69, 9.17) is 0 Å². The van der Waals surface area contributed by atoms with Gasteiger partial charge in [0.2, 0.25) is 0 Å². The first kappa shape index (κ1) is 8.53. The van der Waals surface area contributed by atoms with Crippen molar-refractivity contribution in [3.8, 4) is 0 Å². The summed E-state index contributed by atoms with van der Waals surface area (Å²) in [5.41, 5.74) is 0. The molecule has 0 fully saturated rings. The van der Waals surface area contributed by atoms with Gasteiger partial charge in [-0.3, -0.25) is 0 Å². The van der Waals surface area contributed by atoms with Crippen LogP contribution in [-0.4, -0.2) is 22.8 Å². The number of alkyl halides is 1. The molecule has 44 valence electrons. The SMILES string of the molecule is [CH3][Sn]([CH3])([CH3])[CH2]CI. The van der Waals surface area contributed by atoms with Gasteiger partial charge in [-0.2, -0.15) is 0 Å². The van der Waals surface area contributed by atoms with E-state index >= 15 is 0 Å². The molecule has 0 aliphatic heterocycles. The molecular weight excluding hydrogens is 306 g/mol. The van der Waals surface area contributed by atoms with Crippen LogP contribution in [0.3, 0.4) is 0 Å². The zero-order chi connectivity index (χ0) is 5.91. The van der Waals surface area contributed by atoms with Crippen LogP contribution in [0.15, 0.2) is 0 Å². The Kier molecular flexibility index (Phi) is 4.31. The zero-order valence-electron chi connectivity index (χ0n) is 5.29. The third-order valence-electron chi connectivity index (χ3n) is 0.844. The van der Waals surface area contributed by atoms with Crippen LogP contribution in [0.25, 0.3) is 0 Å². The number of halogens is 1. The molecule has 0 saturated heterocycles. The van der Waals surface area contributed by atoms with Gasteiger partial charge in [0.05, 0.1) is 0 Å². The fourth-order valence-corrected chi connectivity index (χ4v) is 12.8. The predicted octanol–water partition coefficient (Wildman–Crippen LogP) is 2.76. The minimum absolute atomic E-state index is 1.28. The fourth-order valence-electron chi connectivity index (χ4n) is 0.283. The molecule has 0 spiro atoms. The van der Waals surface area contributed by atoms with Crippen LogP contribution in [0.2, 0.25) is 19.3 Å². The third-order valence-corrected chi connectivity index (χ3v) is 9.28. The van der Waals surface area contributed by atoms with Crippen LogP contribution in [-0.2, 0) is 0 Å². The van der Waals surface area contributed by atoms with Crippen LogP contribution >= 0.6 is 22.6 Å². The Labute approximate surface area is 64.1 Å². The van der Waals surface area contributed by atoms with Gasteiger partial charge in [-0.05, 0) is 0 Å². The number of hydrogen-bond donors (Lipinski definition) is 0. The normalized spacial score (nSPS) is 12.0. The van der Waals surface area contributed by atoms with Gasteiger partial charge in [0.25, 0.3) is 0 Å². The van der Waals surface area contributed by atoms with Gasteiger partial charge < -0.3 is 0 Å². The monoisotopic (exact) mass is 320 g/mol. The van der Waals surface area contributed by atoms with E-state index in [1.807, 2.05) is 0 Å². The summed E-state index contributed by atoms with van der Waals surface area (Å²) >= 11 is 1.18. The van der Waals surface area contributed by atoms with Crippen molar-refractivity contribution in [2.45, 2.75) is 19.3 Å². The molecule has 0 amide bonds. The van der Waals surface area contributed by atoms with Crippen LogP contribution in [0.4, 0.5) is 0 Å². The molecule has 0 aromatic heterocycles. The Morgan fingerprint density at radius 1 is 1.29 bits per heavy atom. The Bertz CT molecular complexity index is 46.5. The van der Waals surface area contributed by atoms with Gasteiger partial charge in [0, 0.05) is 0 Å². The quantitative estimate of drug-likeness (QED) is 0.417. The van der Waals surface area contributed by atoms with Gasteiger partial charge in [-0.15, -0.1) is 0 Å². The van der Waals surface area contributed by atoms with E-state index in [0.29, 0.717) is 0 Å². The second kappa shape index (κ2) is 3.53. The molecule has 0 unspecified atom stereocenters. The summed E-state index contributed by atoms with van der Waals surface area (Å²) in [6.07, 6.45) is 0. The van der Waals surface area contributed by atoms with Crippen LogP contribution in [0, 0.1) is 0 Å². The van der Waals surface area contributed by atoms with E-state index < -0.39 is 18.4 Å². The summed E-state index contributed by atoms with van der Waals surface area (Å²) in [6.45, 7) is 0. The summed E-state index contributed by atoms with van der Waals surface area (Å²) in [7, 11) is 0. The maximum absolute atomic E-state index is 2.48. The maximum atomic E-state index is 2.48. The van der Waals surface area contributed by atoms with Crippen molar-refractivity contribution in [3.05, 3.63) is 0 Å². The summed E-state index contributed by atoms with van der Waals surface area (Å²) in [6, 6.07) is 0. The second-order valence-corrected chi connectivity index (χ2v) is 20.1. The first-order valence-corrected chi connectivity index (χ1v) is 14.7. The van der Waals surface area contributed by atoms with E-state index in [9.17, 15) is 0 Å². The zero-order valence-corrected chi connectivity index (χ0v) is 10.3. The van der Waals surface area contributed by atoms with Crippen molar-refractivity contribution >= 4 is 41.0 Å². The van der Waals surface area contributed by atoms with E-state index in [1.54, 1.807) is 0 Å². The average molecular weight is 319 g/mol. The number of rotatable bonds is 2. The second-order valence-electron chi connectivity index (χ2n) is 3.00. The van der Waals surface area contributed by atoms with Crippen LogP contribution in [0.5, 0.6) is 0 Å². The Balaban J connectivity index is 3.15. The van der Waals surface area contributed by atoms with Crippen molar-refractivity contribution < 1.29 is 0 Å². The van der Waals surface area contributed by atoms with Crippen molar-refractivity contribution in [3.63, 3.8) is 0 Å². The Hall–Kier alpha value is 1.53. The van der Waals surface area contributed by atoms with E-state index in [0.717, 1.165) is 0 Å². The van der Waals surface area contributed by atoms with Gasteiger partial charge in [-0.25, -0.2) is 0 Å². The molecule has 7 heavy (non-hydrogen) atoms. The van der Waals surface area contributed by atoms with Crippen molar-refractivity contribution in [1.29, 1.82) is 0 Å². The number of hydrogen-bond acceptors (Lipinski definition) is 0. The summed E-state index contributed by atoms with van der Waals surface area (Å²) < 4.78 is 2.91. The topological polar surface area (TPSA) is 0 Å². The van der Waals surface area contributed by atoms with Gasteiger partial charge in [-0.1, -0.05) is 0 Å². The van der Waals surface area contributed by atoms with Gasteiger partial charge in [0.1, 0.15) is 0 Å². The van der Waals surface area contributed by atoms with Crippen LogP contribution in [0.1, 0.15) is 0 Å². The van der Waals surface area contributed by atoms with Crippen molar-refractivity contribution in [1.82, 2.24) is 0 Å². The molecule has 0 heterocycles. The molecule has 0 aliphatic rings. The standard InChI is InChI=1S/C2H4I.3CH3.Sn/c1-2-3;;;;/h1-2H2;3*1H3;. The summed E-state index contributed by atoms with van der Waals surface area (Å²) in [4.78, 5) is 7.44. The van der Waals surface area contributed by atoms with Gasteiger partial charge >= 0.3 is 64.7 Å². The molecule has 0 aromatic rings. The molecular formula is C5H13ISn. The molecule has 0 saturated carbocycles. The van der Waals surface area contributed by atoms with E-state index in [1.165, 1.54) is 8.86 Å². The molecule has 0 rings (SSSR count). The first-order valence-electron chi connectivity index (χ1n) is 2.62. The van der Waals surface area contributed by atoms with Crippen molar-refractivity contribution in [2.75, 3.05) is 4.43 Å². The molecule has 0 N–H and O–H groups in total. The Morgan fingerprint density at radius 2 is 1.71 bits per heavy atom. The summed E-state index contributed by atoms with van der Waals surface area (Å²) in [5.74, 6) is 0. The minimum atomic E-state index is -1.28. The van der Waals surface area contributed by atoms with Crippen LogP contribution < -0.4 is 0 Å². The van der Waals surface area contributed by atoms with Crippen molar-refractivity contribution in [2.24, 2.45) is 0 Å². The molecule has 0 aromatic carbocycles. The predicted molar refractivity (Wildman–Crippen MR) is 47.0 cm³/mol. The third kappa shape index (κ3) is 7.53. The fraction of sp³-hybridized carbons (Fsp3) is 1.00. The molecule has 0 bridgehead atoms. The molecule has 0 nitrogen and oxygen atoms in total. The first-order chi connectivity index (χ1) is 3.06. The van der Waals surface area contributed by atoms with E-state index in [2.05, 4.69) is 37.4 Å². The molecule has 0 aliphatic carbocycles. The molecule has 2 heteroatoms. The molecule has 0 atom stereocenters.